The van der Waals surface area contributed by atoms with E-state index in [1.165, 1.54) is 51.4 Å². The van der Waals surface area contributed by atoms with Crippen molar-refractivity contribution in [2.45, 2.75) is 71.1 Å². The Morgan fingerprint density at radius 1 is 0.889 bits per heavy atom. The van der Waals surface area contributed by atoms with E-state index in [2.05, 4.69) is 17.0 Å². The highest BCUT2D eigenvalue weighted by molar-refractivity contribution is 7.46. The quantitative estimate of drug-likeness (QED) is 0.273. The Balaban J connectivity index is 3.01. The highest BCUT2D eigenvalue weighted by atomic mass is 31.2. The summed E-state index contributed by atoms with van der Waals surface area (Å²) in [4.78, 5) is 16.8. The van der Waals surface area contributed by atoms with Crippen molar-refractivity contribution in [3.8, 4) is 0 Å². The average Bonchev–Trinajstić information content (AvgIpc) is 2.29. The van der Waals surface area contributed by atoms with E-state index in [1.807, 2.05) is 0 Å². The van der Waals surface area contributed by atoms with Gasteiger partial charge in [-0.05, 0) is 6.42 Å². The Labute approximate surface area is 111 Å². The van der Waals surface area contributed by atoms with Crippen LogP contribution in [-0.4, -0.2) is 16.3 Å². The summed E-state index contributed by atoms with van der Waals surface area (Å²) in [5.41, 5.74) is 2.29. The van der Waals surface area contributed by atoms with Gasteiger partial charge in [0.2, 0.25) is 0 Å². The second kappa shape index (κ2) is 12.1. The first-order valence-electron chi connectivity index (χ1n) is 7.03. The van der Waals surface area contributed by atoms with Gasteiger partial charge in [0.05, 0.1) is 0 Å². The van der Waals surface area contributed by atoms with Gasteiger partial charge in [0, 0.05) is 6.54 Å². The molecule has 0 rings (SSSR count). The fraction of sp³-hybridized carbons (Fsp3) is 1.00. The zero-order valence-corrected chi connectivity index (χ0v) is 12.3. The summed E-state index contributed by atoms with van der Waals surface area (Å²) in [5.74, 6) is 0. The van der Waals surface area contributed by atoms with Crippen molar-refractivity contribution in [1.82, 2.24) is 5.48 Å². The lowest BCUT2D eigenvalue weighted by atomic mass is 10.1. The van der Waals surface area contributed by atoms with Crippen molar-refractivity contribution in [2.24, 2.45) is 0 Å². The van der Waals surface area contributed by atoms with Crippen molar-refractivity contribution >= 4 is 7.82 Å². The number of hydrogen-bond acceptors (Lipinski definition) is 3. The smallest absolute Gasteiger partial charge is 0.302 e. The molecule has 0 heterocycles. The maximum atomic E-state index is 10.3. The number of hydroxylamine groups is 1. The molecule has 0 aliphatic rings. The Morgan fingerprint density at radius 3 is 1.78 bits per heavy atom. The predicted molar refractivity (Wildman–Crippen MR) is 73.0 cm³/mol. The van der Waals surface area contributed by atoms with Gasteiger partial charge in [-0.15, -0.1) is 0 Å². The van der Waals surface area contributed by atoms with E-state index in [1.54, 1.807) is 0 Å². The minimum Gasteiger partial charge on any atom is -0.302 e. The summed E-state index contributed by atoms with van der Waals surface area (Å²) in [5, 5.41) is 0. The maximum Gasteiger partial charge on any atom is 0.486 e. The summed E-state index contributed by atoms with van der Waals surface area (Å²) in [6, 6.07) is 0. The monoisotopic (exact) mass is 281 g/mol. The second-order valence-electron chi connectivity index (χ2n) is 4.66. The van der Waals surface area contributed by atoms with Crippen LogP contribution < -0.4 is 5.48 Å². The molecule has 6 heteroatoms. The van der Waals surface area contributed by atoms with E-state index in [-0.39, 0.29) is 0 Å². The van der Waals surface area contributed by atoms with Gasteiger partial charge in [-0.1, -0.05) is 64.7 Å². The normalized spacial score (nSPS) is 11.9. The molecule has 0 amide bonds. The number of unbranched alkanes of at least 4 members (excludes halogenated alkanes) is 9. The molecule has 0 unspecified atom stereocenters. The summed E-state index contributed by atoms with van der Waals surface area (Å²) in [6.45, 7) is 2.71. The first-order valence-corrected chi connectivity index (χ1v) is 8.56. The van der Waals surface area contributed by atoms with E-state index < -0.39 is 7.82 Å². The summed E-state index contributed by atoms with van der Waals surface area (Å²) < 4.78 is 14.5. The van der Waals surface area contributed by atoms with Crippen molar-refractivity contribution in [1.29, 1.82) is 0 Å². The fourth-order valence-electron chi connectivity index (χ4n) is 1.81. The molecule has 0 aliphatic heterocycles. The molecule has 0 spiro atoms. The molecule has 0 atom stereocenters. The summed E-state index contributed by atoms with van der Waals surface area (Å²) >= 11 is 0. The molecular weight excluding hydrogens is 253 g/mol. The van der Waals surface area contributed by atoms with Crippen LogP contribution in [0.15, 0.2) is 0 Å². The highest BCUT2D eigenvalue weighted by Crippen LogP contribution is 2.33. The third-order valence-corrected chi connectivity index (χ3v) is 3.18. The van der Waals surface area contributed by atoms with Crippen molar-refractivity contribution < 1.29 is 19.0 Å². The molecule has 3 N–H and O–H groups in total. The molecule has 0 fully saturated rings. The van der Waals surface area contributed by atoms with Crippen LogP contribution in [0.1, 0.15) is 71.1 Å². The van der Waals surface area contributed by atoms with Crippen molar-refractivity contribution in [3.05, 3.63) is 0 Å². The van der Waals surface area contributed by atoms with Crippen LogP contribution in [0, 0.1) is 0 Å². The van der Waals surface area contributed by atoms with Crippen LogP contribution in [0.25, 0.3) is 0 Å². The van der Waals surface area contributed by atoms with Crippen LogP contribution in [0.2, 0.25) is 0 Å². The van der Waals surface area contributed by atoms with Gasteiger partial charge in [-0.25, -0.2) is 4.57 Å². The molecular formula is C12H28NO4P. The van der Waals surface area contributed by atoms with Crippen molar-refractivity contribution in [2.75, 3.05) is 6.54 Å². The van der Waals surface area contributed by atoms with Gasteiger partial charge < -0.3 is 9.79 Å². The fourth-order valence-corrected chi connectivity index (χ4v) is 2.07. The third-order valence-electron chi connectivity index (χ3n) is 2.82. The standard InChI is InChI=1S/C12H28NO4P/c1-2-3-4-5-6-7-8-9-10-11-12-13-17-18(14,15)16/h13H,2-12H2,1H3,(H2,14,15,16). The van der Waals surface area contributed by atoms with Gasteiger partial charge in [-0.2, -0.15) is 10.1 Å². The van der Waals surface area contributed by atoms with E-state index >= 15 is 0 Å². The van der Waals surface area contributed by atoms with Gasteiger partial charge in [0.1, 0.15) is 0 Å². The molecule has 0 saturated carbocycles. The SMILES string of the molecule is CCCCCCCCCCCCNOP(=O)(O)O. The number of nitrogens with one attached hydrogen (secondary N) is 1. The zero-order chi connectivity index (χ0) is 13.7. The van der Waals surface area contributed by atoms with Crippen molar-refractivity contribution in [3.63, 3.8) is 0 Å². The molecule has 0 radical (unpaired) electrons. The minimum absolute atomic E-state index is 0.488. The van der Waals surface area contributed by atoms with E-state index in [4.69, 9.17) is 9.79 Å². The van der Waals surface area contributed by atoms with Gasteiger partial charge in [0.25, 0.3) is 0 Å². The number of hydrogen-bond donors (Lipinski definition) is 3. The zero-order valence-electron chi connectivity index (χ0n) is 11.4. The largest absolute Gasteiger partial charge is 0.486 e. The van der Waals surface area contributed by atoms with Gasteiger partial charge >= 0.3 is 7.82 Å². The lowest BCUT2D eigenvalue weighted by molar-refractivity contribution is 0.124. The molecule has 0 aromatic rings. The van der Waals surface area contributed by atoms with Gasteiger partial charge in [0.15, 0.2) is 0 Å². The molecule has 0 bridgehead atoms. The van der Waals surface area contributed by atoms with E-state index in [0.29, 0.717) is 6.54 Å². The Hall–Kier alpha value is 0.0700. The summed E-state index contributed by atoms with van der Waals surface area (Å²) in [6.07, 6.45) is 12.4. The second-order valence-corrected chi connectivity index (χ2v) is 5.82. The highest BCUT2D eigenvalue weighted by Gasteiger charge is 2.12. The maximum absolute atomic E-state index is 10.3. The molecule has 0 aromatic carbocycles. The van der Waals surface area contributed by atoms with E-state index in [9.17, 15) is 4.57 Å². The van der Waals surface area contributed by atoms with Crippen LogP contribution in [0.3, 0.4) is 0 Å². The number of phosphoric acid groups is 1. The molecule has 0 aromatic heterocycles. The van der Waals surface area contributed by atoms with Crippen LogP contribution in [0.5, 0.6) is 0 Å². The molecule has 0 saturated heterocycles. The Morgan fingerprint density at radius 2 is 1.33 bits per heavy atom. The molecule has 110 valence electrons. The topological polar surface area (TPSA) is 78.8 Å². The summed E-state index contributed by atoms with van der Waals surface area (Å²) in [7, 11) is -4.36. The average molecular weight is 281 g/mol. The number of rotatable bonds is 13. The van der Waals surface area contributed by atoms with Gasteiger partial charge in [-0.3, -0.25) is 0 Å². The lowest BCUT2D eigenvalue weighted by Gasteiger charge is -2.06. The minimum atomic E-state index is -4.36. The van der Waals surface area contributed by atoms with Crippen LogP contribution in [0.4, 0.5) is 0 Å². The van der Waals surface area contributed by atoms with E-state index in [0.717, 1.165) is 12.8 Å². The molecule has 5 nitrogen and oxygen atoms in total. The Bertz CT molecular complexity index is 220. The first-order chi connectivity index (χ1) is 8.56. The molecule has 18 heavy (non-hydrogen) atoms. The molecule has 0 aliphatic carbocycles. The predicted octanol–water partition coefficient (Wildman–Crippen LogP) is 3.52. The van der Waals surface area contributed by atoms with Crippen LogP contribution >= 0.6 is 7.82 Å². The third kappa shape index (κ3) is 16.1. The lowest BCUT2D eigenvalue weighted by Crippen LogP contribution is -2.14. The first kappa shape index (κ1) is 18.1. The Kier molecular flexibility index (Phi) is 12.2. The van der Waals surface area contributed by atoms with Crippen LogP contribution in [-0.2, 0) is 9.19 Å².